The van der Waals surface area contributed by atoms with Crippen LogP contribution in [0.1, 0.15) is 18.1 Å². The number of aromatic nitrogens is 1. The van der Waals surface area contributed by atoms with E-state index in [0.717, 1.165) is 22.0 Å². The highest BCUT2D eigenvalue weighted by molar-refractivity contribution is 5.89. The lowest BCUT2D eigenvalue weighted by Gasteiger charge is -2.17. The zero-order chi connectivity index (χ0) is 17.6. The molecule has 0 fully saturated rings. The molecule has 2 aromatic carbocycles. The summed E-state index contributed by atoms with van der Waals surface area (Å²) in [6.07, 6.45) is 2.33. The molecule has 0 aliphatic carbocycles. The molecule has 0 unspecified atom stereocenters. The zero-order valence-electron chi connectivity index (χ0n) is 14.1. The summed E-state index contributed by atoms with van der Waals surface area (Å²) in [5.74, 6) is -0.413. The topological polar surface area (TPSA) is 74.0 Å². The fourth-order valence-electron chi connectivity index (χ4n) is 2.88. The molecule has 1 aromatic heterocycles. The lowest BCUT2D eigenvalue weighted by molar-refractivity contribution is -0.128. The Balaban J connectivity index is 1.72. The Hall–Kier alpha value is -3.08. The number of benzene rings is 2. The molecule has 3 rings (SSSR count). The van der Waals surface area contributed by atoms with Gasteiger partial charge in [-0.25, -0.2) is 0 Å². The Morgan fingerprint density at radius 3 is 2.52 bits per heavy atom. The molecular formula is C20H21N3O2. The highest BCUT2D eigenvalue weighted by Gasteiger charge is 2.21. The van der Waals surface area contributed by atoms with Crippen molar-refractivity contribution in [2.24, 2.45) is 0 Å². The Morgan fingerprint density at radius 1 is 1.04 bits per heavy atom. The van der Waals surface area contributed by atoms with Crippen LogP contribution in [0.15, 0.2) is 60.8 Å². The summed E-state index contributed by atoms with van der Waals surface area (Å²) in [6, 6.07) is 17.0. The van der Waals surface area contributed by atoms with E-state index >= 15 is 0 Å². The van der Waals surface area contributed by atoms with Gasteiger partial charge in [-0.3, -0.25) is 9.59 Å². The third kappa shape index (κ3) is 4.26. The van der Waals surface area contributed by atoms with Crippen molar-refractivity contribution in [1.82, 2.24) is 15.6 Å². The maximum absolute atomic E-state index is 12.6. The molecule has 25 heavy (non-hydrogen) atoms. The van der Waals surface area contributed by atoms with Gasteiger partial charge in [0.05, 0.1) is 0 Å². The van der Waals surface area contributed by atoms with Crippen LogP contribution < -0.4 is 10.6 Å². The molecule has 0 radical (unpaired) electrons. The van der Waals surface area contributed by atoms with Crippen LogP contribution in [0.5, 0.6) is 0 Å². The number of aromatic amines is 1. The van der Waals surface area contributed by atoms with Gasteiger partial charge in [0.1, 0.15) is 6.04 Å². The normalized spacial score (nSPS) is 11.9. The average molecular weight is 335 g/mol. The number of carbonyl (C=O) groups excluding carboxylic acids is 2. The van der Waals surface area contributed by atoms with E-state index < -0.39 is 6.04 Å². The third-order valence-corrected chi connectivity index (χ3v) is 4.10. The van der Waals surface area contributed by atoms with Gasteiger partial charge >= 0.3 is 0 Å². The van der Waals surface area contributed by atoms with Gasteiger partial charge in [0.2, 0.25) is 11.8 Å². The molecule has 128 valence electrons. The van der Waals surface area contributed by atoms with Crippen molar-refractivity contribution >= 4 is 22.7 Å². The summed E-state index contributed by atoms with van der Waals surface area (Å²) in [4.78, 5) is 27.3. The van der Waals surface area contributed by atoms with E-state index in [-0.39, 0.29) is 11.8 Å². The highest BCUT2D eigenvalue weighted by Crippen LogP contribution is 2.19. The van der Waals surface area contributed by atoms with Crippen LogP contribution in [0.25, 0.3) is 10.9 Å². The molecule has 1 heterocycles. The summed E-state index contributed by atoms with van der Waals surface area (Å²) in [6.45, 7) is 1.86. The van der Waals surface area contributed by atoms with Crippen molar-refractivity contribution in [3.8, 4) is 0 Å². The Morgan fingerprint density at radius 2 is 1.76 bits per heavy atom. The maximum Gasteiger partial charge on any atom is 0.243 e. The Kier molecular flexibility index (Phi) is 5.14. The minimum Gasteiger partial charge on any atom is -0.361 e. The smallest absolute Gasteiger partial charge is 0.243 e. The Bertz CT molecular complexity index is 871. The van der Waals surface area contributed by atoms with Crippen LogP contribution in [-0.4, -0.2) is 22.8 Å². The minimum atomic E-state index is -0.611. The highest BCUT2D eigenvalue weighted by atomic mass is 16.2. The maximum atomic E-state index is 12.6. The SMILES string of the molecule is CC(=O)N[C@@H](Cc1c[nH]c2ccccc12)C(=O)NCc1ccccc1. The second-order valence-corrected chi connectivity index (χ2v) is 6.02. The van der Waals surface area contributed by atoms with Crippen molar-refractivity contribution < 1.29 is 9.59 Å². The van der Waals surface area contributed by atoms with Crippen molar-refractivity contribution in [1.29, 1.82) is 0 Å². The van der Waals surface area contributed by atoms with Gasteiger partial charge in [0, 0.05) is 37.0 Å². The van der Waals surface area contributed by atoms with E-state index in [1.54, 1.807) is 0 Å². The second kappa shape index (κ2) is 7.66. The molecule has 5 nitrogen and oxygen atoms in total. The molecule has 0 bridgehead atoms. The Labute approximate surface area is 146 Å². The third-order valence-electron chi connectivity index (χ3n) is 4.10. The van der Waals surface area contributed by atoms with E-state index in [2.05, 4.69) is 15.6 Å². The second-order valence-electron chi connectivity index (χ2n) is 6.02. The summed E-state index contributed by atoms with van der Waals surface area (Å²) in [7, 11) is 0. The van der Waals surface area contributed by atoms with E-state index in [0.29, 0.717) is 13.0 Å². The molecule has 5 heteroatoms. The van der Waals surface area contributed by atoms with Gasteiger partial charge < -0.3 is 15.6 Å². The van der Waals surface area contributed by atoms with Gasteiger partial charge in [0.25, 0.3) is 0 Å². The van der Waals surface area contributed by atoms with E-state index in [1.807, 2.05) is 60.8 Å². The number of carbonyl (C=O) groups is 2. The minimum absolute atomic E-state index is 0.190. The van der Waals surface area contributed by atoms with Crippen LogP contribution in [0.2, 0.25) is 0 Å². The van der Waals surface area contributed by atoms with Crippen LogP contribution in [0.4, 0.5) is 0 Å². The quantitative estimate of drug-likeness (QED) is 0.647. The van der Waals surface area contributed by atoms with E-state index in [1.165, 1.54) is 6.92 Å². The largest absolute Gasteiger partial charge is 0.361 e. The molecule has 1 atom stereocenters. The van der Waals surface area contributed by atoms with Crippen LogP contribution in [-0.2, 0) is 22.6 Å². The molecule has 3 N–H and O–H groups in total. The molecule has 2 amide bonds. The molecule has 0 spiro atoms. The van der Waals surface area contributed by atoms with Crippen LogP contribution >= 0.6 is 0 Å². The lowest BCUT2D eigenvalue weighted by Crippen LogP contribution is -2.47. The molecule has 0 saturated heterocycles. The predicted octanol–water partition coefficient (Wildman–Crippen LogP) is 2.53. The zero-order valence-corrected chi connectivity index (χ0v) is 14.1. The van der Waals surface area contributed by atoms with Gasteiger partial charge in [-0.05, 0) is 17.2 Å². The number of nitrogens with one attached hydrogen (secondary N) is 3. The summed E-state index contributed by atoms with van der Waals surface area (Å²) < 4.78 is 0. The summed E-state index contributed by atoms with van der Waals surface area (Å²) in [5, 5.41) is 6.72. The van der Waals surface area contributed by atoms with E-state index in [9.17, 15) is 9.59 Å². The first-order valence-corrected chi connectivity index (χ1v) is 8.27. The van der Waals surface area contributed by atoms with Crippen molar-refractivity contribution in [3.05, 3.63) is 71.9 Å². The summed E-state index contributed by atoms with van der Waals surface area (Å²) in [5.41, 5.74) is 3.04. The number of rotatable bonds is 6. The first-order valence-electron chi connectivity index (χ1n) is 8.27. The van der Waals surface area contributed by atoms with Crippen LogP contribution in [0.3, 0.4) is 0 Å². The number of hydrogen-bond acceptors (Lipinski definition) is 2. The van der Waals surface area contributed by atoms with Crippen molar-refractivity contribution in [2.75, 3.05) is 0 Å². The fraction of sp³-hybridized carbons (Fsp3) is 0.200. The molecular weight excluding hydrogens is 314 g/mol. The monoisotopic (exact) mass is 335 g/mol. The number of hydrogen-bond donors (Lipinski definition) is 3. The van der Waals surface area contributed by atoms with Gasteiger partial charge in [0.15, 0.2) is 0 Å². The first kappa shape index (κ1) is 16.8. The number of amides is 2. The molecule has 0 aliphatic rings. The number of H-pyrrole nitrogens is 1. The van der Waals surface area contributed by atoms with Crippen molar-refractivity contribution in [3.63, 3.8) is 0 Å². The van der Waals surface area contributed by atoms with Gasteiger partial charge in [-0.2, -0.15) is 0 Å². The predicted molar refractivity (Wildman–Crippen MR) is 97.9 cm³/mol. The number of fused-ring (bicyclic) bond motifs is 1. The van der Waals surface area contributed by atoms with Gasteiger partial charge in [-0.1, -0.05) is 48.5 Å². The number of para-hydroxylation sites is 1. The van der Waals surface area contributed by atoms with Crippen molar-refractivity contribution in [2.45, 2.75) is 25.9 Å². The first-order chi connectivity index (χ1) is 12.1. The van der Waals surface area contributed by atoms with E-state index in [4.69, 9.17) is 0 Å². The lowest BCUT2D eigenvalue weighted by atomic mass is 10.0. The fourth-order valence-corrected chi connectivity index (χ4v) is 2.88. The molecule has 0 saturated carbocycles. The molecule has 0 aliphatic heterocycles. The average Bonchev–Trinajstić information content (AvgIpc) is 3.03. The standard InChI is InChI=1S/C20H21N3O2/c1-14(24)23-19(20(25)22-12-15-7-3-2-4-8-15)11-16-13-21-18-10-6-5-9-17(16)18/h2-10,13,19,21H,11-12H2,1H3,(H,22,25)(H,23,24)/t19-/m0/s1. The molecule has 3 aromatic rings. The van der Waals surface area contributed by atoms with Gasteiger partial charge in [-0.15, -0.1) is 0 Å². The summed E-state index contributed by atoms with van der Waals surface area (Å²) >= 11 is 0. The van der Waals surface area contributed by atoms with Crippen LogP contribution in [0, 0.1) is 0 Å².